The summed E-state index contributed by atoms with van der Waals surface area (Å²) in [5.74, 6) is 0.636. The summed E-state index contributed by atoms with van der Waals surface area (Å²) >= 11 is 0. The summed E-state index contributed by atoms with van der Waals surface area (Å²) in [6, 6.07) is 7.61. The van der Waals surface area contributed by atoms with Gasteiger partial charge in [0.15, 0.2) is 0 Å². The number of phenolic OH excluding ortho intramolecular Hbond substituents is 2. The number of aromatic nitrogens is 2. The van der Waals surface area contributed by atoms with E-state index in [1.54, 1.807) is 12.4 Å². The summed E-state index contributed by atoms with van der Waals surface area (Å²) in [6.07, 6.45) is 3.47. The molecule has 0 aliphatic rings. The first-order chi connectivity index (χ1) is 11.4. The number of phenols is 2. The minimum Gasteiger partial charge on any atom is -0.507 e. The lowest BCUT2D eigenvalue weighted by Crippen LogP contribution is -1.92. The zero-order valence-electron chi connectivity index (χ0n) is 14.3. The van der Waals surface area contributed by atoms with E-state index in [0.717, 1.165) is 44.8 Å². The van der Waals surface area contributed by atoms with Gasteiger partial charge in [-0.15, -0.1) is 0 Å². The van der Waals surface area contributed by atoms with Crippen LogP contribution in [0.5, 0.6) is 11.5 Å². The molecule has 122 valence electrons. The van der Waals surface area contributed by atoms with Crippen LogP contribution in [0.1, 0.15) is 22.3 Å². The fraction of sp³-hybridized carbons (Fsp3) is 0.200. The van der Waals surface area contributed by atoms with Crippen LogP contribution in [0.15, 0.2) is 36.7 Å². The molecule has 0 aliphatic carbocycles. The molecular formula is C20H20N2O2. The molecule has 24 heavy (non-hydrogen) atoms. The van der Waals surface area contributed by atoms with E-state index < -0.39 is 0 Å². The largest absolute Gasteiger partial charge is 0.507 e. The predicted octanol–water partition coefficient (Wildman–Crippen LogP) is 4.46. The maximum Gasteiger partial charge on any atom is 0.121 e. The average molecular weight is 320 g/mol. The lowest BCUT2D eigenvalue weighted by molar-refractivity contribution is 0.466. The standard InChI is InChI=1S/C20H20N2O2/c1-11-5-15(6-12(2)19(11)23)17-9-22-18(10-21-17)16-7-13(3)20(24)14(4)8-16/h5-10,23-24H,1-4H3. The van der Waals surface area contributed by atoms with E-state index >= 15 is 0 Å². The van der Waals surface area contributed by atoms with Crippen LogP contribution < -0.4 is 0 Å². The summed E-state index contributed by atoms with van der Waals surface area (Å²) in [6.45, 7) is 7.48. The van der Waals surface area contributed by atoms with E-state index in [4.69, 9.17) is 0 Å². The number of aromatic hydroxyl groups is 2. The Bertz CT molecular complexity index is 793. The molecule has 2 aromatic carbocycles. The van der Waals surface area contributed by atoms with Gasteiger partial charge in [0.2, 0.25) is 0 Å². The highest BCUT2D eigenvalue weighted by Crippen LogP contribution is 2.30. The fourth-order valence-corrected chi connectivity index (χ4v) is 2.83. The monoisotopic (exact) mass is 320 g/mol. The maximum atomic E-state index is 9.89. The van der Waals surface area contributed by atoms with Gasteiger partial charge in [-0.25, -0.2) is 0 Å². The second kappa shape index (κ2) is 5.96. The second-order valence-corrected chi connectivity index (χ2v) is 6.20. The average Bonchev–Trinajstić information content (AvgIpc) is 2.57. The molecule has 3 rings (SSSR count). The number of nitrogens with zero attached hydrogens (tertiary/aromatic N) is 2. The number of rotatable bonds is 2. The van der Waals surface area contributed by atoms with E-state index in [1.165, 1.54) is 0 Å². The quantitative estimate of drug-likeness (QED) is 0.732. The van der Waals surface area contributed by atoms with Crippen molar-refractivity contribution >= 4 is 0 Å². The van der Waals surface area contributed by atoms with Crippen molar-refractivity contribution in [3.63, 3.8) is 0 Å². The summed E-state index contributed by atoms with van der Waals surface area (Å²) in [5.41, 5.74) is 6.66. The summed E-state index contributed by atoms with van der Waals surface area (Å²) in [5, 5.41) is 19.8. The third kappa shape index (κ3) is 2.83. The SMILES string of the molecule is Cc1cc(-c2cnc(-c3cc(C)c(O)c(C)c3)cn2)cc(C)c1O. The Kier molecular flexibility index (Phi) is 3.97. The summed E-state index contributed by atoms with van der Waals surface area (Å²) in [4.78, 5) is 9.02. The zero-order valence-corrected chi connectivity index (χ0v) is 14.3. The van der Waals surface area contributed by atoms with Gasteiger partial charge in [-0.05, 0) is 74.2 Å². The van der Waals surface area contributed by atoms with Crippen LogP contribution >= 0.6 is 0 Å². The van der Waals surface area contributed by atoms with Crippen LogP contribution in [-0.4, -0.2) is 20.2 Å². The van der Waals surface area contributed by atoms with Gasteiger partial charge in [0.25, 0.3) is 0 Å². The first-order valence-electron chi connectivity index (χ1n) is 7.80. The number of hydrogen-bond donors (Lipinski definition) is 2. The topological polar surface area (TPSA) is 66.2 Å². The van der Waals surface area contributed by atoms with Crippen LogP contribution in [0.25, 0.3) is 22.5 Å². The first kappa shape index (κ1) is 16.0. The molecule has 0 aliphatic heterocycles. The van der Waals surface area contributed by atoms with Crippen molar-refractivity contribution in [3.8, 4) is 34.0 Å². The van der Waals surface area contributed by atoms with Gasteiger partial charge in [0, 0.05) is 11.1 Å². The van der Waals surface area contributed by atoms with Gasteiger partial charge in [0.05, 0.1) is 23.8 Å². The van der Waals surface area contributed by atoms with Crippen molar-refractivity contribution in [3.05, 3.63) is 58.9 Å². The molecule has 0 unspecified atom stereocenters. The van der Waals surface area contributed by atoms with Crippen LogP contribution in [-0.2, 0) is 0 Å². The molecule has 0 bridgehead atoms. The van der Waals surface area contributed by atoms with Crippen molar-refractivity contribution in [1.82, 2.24) is 9.97 Å². The van der Waals surface area contributed by atoms with Gasteiger partial charge < -0.3 is 10.2 Å². The highest BCUT2D eigenvalue weighted by Gasteiger charge is 2.09. The van der Waals surface area contributed by atoms with Crippen molar-refractivity contribution in [2.75, 3.05) is 0 Å². The molecule has 0 saturated carbocycles. The van der Waals surface area contributed by atoms with Crippen molar-refractivity contribution in [2.24, 2.45) is 0 Å². The van der Waals surface area contributed by atoms with Gasteiger partial charge in [-0.1, -0.05) is 0 Å². The van der Waals surface area contributed by atoms with Crippen LogP contribution in [0, 0.1) is 27.7 Å². The minimum atomic E-state index is 0.318. The number of aryl methyl sites for hydroxylation is 4. The molecule has 0 spiro atoms. The lowest BCUT2D eigenvalue weighted by atomic mass is 10.0. The highest BCUT2D eigenvalue weighted by atomic mass is 16.3. The fourth-order valence-electron chi connectivity index (χ4n) is 2.83. The molecule has 2 N–H and O–H groups in total. The van der Waals surface area contributed by atoms with Gasteiger partial charge in [0.1, 0.15) is 11.5 Å². The van der Waals surface area contributed by atoms with Gasteiger partial charge in [-0.3, -0.25) is 9.97 Å². The Labute approximate surface area is 141 Å². The van der Waals surface area contributed by atoms with Crippen LogP contribution in [0.2, 0.25) is 0 Å². The first-order valence-corrected chi connectivity index (χ1v) is 7.80. The predicted molar refractivity (Wildman–Crippen MR) is 95.2 cm³/mol. The van der Waals surface area contributed by atoms with Crippen molar-refractivity contribution in [2.45, 2.75) is 27.7 Å². The summed E-state index contributed by atoms with van der Waals surface area (Å²) < 4.78 is 0. The molecule has 0 atom stereocenters. The minimum absolute atomic E-state index is 0.318. The molecule has 1 aromatic heterocycles. The van der Waals surface area contributed by atoms with Crippen molar-refractivity contribution in [1.29, 1.82) is 0 Å². The third-order valence-corrected chi connectivity index (χ3v) is 4.23. The highest BCUT2D eigenvalue weighted by molar-refractivity contribution is 5.67. The van der Waals surface area contributed by atoms with Gasteiger partial charge in [-0.2, -0.15) is 0 Å². The molecule has 1 heterocycles. The Morgan fingerprint density at radius 3 is 1.12 bits per heavy atom. The molecule has 3 aromatic rings. The van der Waals surface area contributed by atoms with Crippen LogP contribution in [0.4, 0.5) is 0 Å². The zero-order chi connectivity index (χ0) is 17.4. The molecular weight excluding hydrogens is 300 g/mol. The summed E-state index contributed by atoms with van der Waals surface area (Å²) in [7, 11) is 0. The molecule has 0 radical (unpaired) electrons. The molecule has 0 amide bonds. The van der Waals surface area contributed by atoms with E-state index in [-0.39, 0.29) is 0 Å². The second-order valence-electron chi connectivity index (χ2n) is 6.20. The molecule has 4 nitrogen and oxygen atoms in total. The number of hydrogen-bond acceptors (Lipinski definition) is 4. The smallest absolute Gasteiger partial charge is 0.121 e. The Morgan fingerprint density at radius 2 is 0.875 bits per heavy atom. The normalized spacial score (nSPS) is 10.8. The Morgan fingerprint density at radius 1 is 0.583 bits per heavy atom. The van der Waals surface area contributed by atoms with E-state index in [1.807, 2.05) is 52.0 Å². The molecule has 0 saturated heterocycles. The Balaban J connectivity index is 2.00. The molecule has 0 fully saturated rings. The maximum absolute atomic E-state index is 9.89. The van der Waals surface area contributed by atoms with Crippen LogP contribution in [0.3, 0.4) is 0 Å². The van der Waals surface area contributed by atoms with E-state index in [2.05, 4.69) is 9.97 Å². The van der Waals surface area contributed by atoms with Gasteiger partial charge >= 0.3 is 0 Å². The third-order valence-electron chi connectivity index (χ3n) is 4.23. The van der Waals surface area contributed by atoms with Crippen molar-refractivity contribution < 1.29 is 10.2 Å². The van der Waals surface area contributed by atoms with E-state index in [9.17, 15) is 10.2 Å². The molecule has 4 heteroatoms. The van der Waals surface area contributed by atoms with E-state index in [0.29, 0.717) is 11.5 Å². The lowest BCUT2D eigenvalue weighted by Gasteiger charge is -2.09. The number of benzene rings is 2. The Hall–Kier alpha value is -2.88.